The zero-order valence-corrected chi connectivity index (χ0v) is 11.6. The number of hydrogen-bond donors (Lipinski definition) is 1. The molecule has 0 bridgehead atoms. The van der Waals surface area contributed by atoms with E-state index in [9.17, 15) is 0 Å². The monoisotopic (exact) mass is 246 g/mol. The summed E-state index contributed by atoms with van der Waals surface area (Å²) in [6.07, 6.45) is 4.24. The van der Waals surface area contributed by atoms with E-state index >= 15 is 0 Å². The molecule has 3 heteroatoms. The minimum absolute atomic E-state index is 0. The SMILES string of the molecule is CC1CN(CCC2CCNCC2)CC1C.Cl. The van der Waals surface area contributed by atoms with Crippen LogP contribution in [-0.4, -0.2) is 37.6 Å². The van der Waals surface area contributed by atoms with Crippen LogP contribution in [0.3, 0.4) is 0 Å². The molecule has 0 radical (unpaired) electrons. The Kier molecular flexibility index (Phi) is 6.09. The fourth-order valence-corrected chi connectivity index (χ4v) is 2.97. The number of hydrogen-bond acceptors (Lipinski definition) is 2. The number of nitrogens with one attached hydrogen (secondary N) is 1. The molecule has 2 saturated heterocycles. The largest absolute Gasteiger partial charge is 0.317 e. The minimum atomic E-state index is 0. The summed E-state index contributed by atoms with van der Waals surface area (Å²) >= 11 is 0. The summed E-state index contributed by atoms with van der Waals surface area (Å²) in [5.74, 6) is 2.83. The van der Waals surface area contributed by atoms with Crippen molar-refractivity contribution >= 4 is 12.4 Å². The van der Waals surface area contributed by atoms with Gasteiger partial charge in [0.2, 0.25) is 0 Å². The van der Waals surface area contributed by atoms with Gasteiger partial charge in [0.15, 0.2) is 0 Å². The van der Waals surface area contributed by atoms with Gasteiger partial charge in [-0.05, 0) is 56.7 Å². The van der Waals surface area contributed by atoms with E-state index < -0.39 is 0 Å². The second-order valence-electron chi connectivity index (χ2n) is 5.70. The molecule has 2 aliphatic rings. The Morgan fingerprint density at radius 3 is 2.19 bits per heavy atom. The van der Waals surface area contributed by atoms with E-state index in [1.54, 1.807) is 0 Å². The lowest BCUT2D eigenvalue weighted by Crippen LogP contribution is -2.30. The smallest absolute Gasteiger partial charge is 0.00102 e. The molecule has 2 rings (SSSR count). The first-order valence-electron chi connectivity index (χ1n) is 6.69. The standard InChI is InChI=1S/C13H26N2.ClH/c1-11-9-15(10-12(11)2)8-5-13-3-6-14-7-4-13;/h11-14H,3-10H2,1-2H3;1H. The number of piperidine rings is 1. The number of likely N-dealkylation sites (tertiary alicyclic amines) is 1. The Labute approximate surface area is 107 Å². The van der Waals surface area contributed by atoms with Crippen LogP contribution >= 0.6 is 12.4 Å². The number of nitrogens with zero attached hydrogens (tertiary/aromatic N) is 1. The lowest BCUT2D eigenvalue weighted by atomic mass is 9.94. The molecule has 96 valence electrons. The van der Waals surface area contributed by atoms with Gasteiger partial charge in [-0.2, -0.15) is 0 Å². The highest BCUT2D eigenvalue weighted by atomic mass is 35.5. The van der Waals surface area contributed by atoms with E-state index in [0.29, 0.717) is 0 Å². The quantitative estimate of drug-likeness (QED) is 0.823. The van der Waals surface area contributed by atoms with Crippen LogP contribution in [0.5, 0.6) is 0 Å². The van der Waals surface area contributed by atoms with Crippen LogP contribution in [0.15, 0.2) is 0 Å². The summed E-state index contributed by atoms with van der Waals surface area (Å²) in [6.45, 7) is 11.3. The Morgan fingerprint density at radius 2 is 1.62 bits per heavy atom. The number of halogens is 1. The first-order chi connectivity index (χ1) is 7.25. The van der Waals surface area contributed by atoms with Gasteiger partial charge in [-0.25, -0.2) is 0 Å². The van der Waals surface area contributed by atoms with Crippen LogP contribution in [0.1, 0.15) is 33.1 Å². The van der Waals surface area contributed by atoms with Crippen molar-refractivity contribution in [2.24, 2.45) is 17.8 Å². The van der Waals surface area contributed by atoms with E-state index in [2.05, 4.69) is 24.1 Å². The van der Waals surface area contributed by atoms with Gasteiger partial charge < -0.3 is 10.2 Å². The summed E-state index contributed by atoms with van der Waals surface area (Å²) in [5.41, 5.74) is 0. The Hall–Kier alpha value is 0.210. The molecule has 16 heavy (non-hydrogen) atoms. The van der Waals surface area contributed by atoms with Crippen molar-refractivity contribution in [2.75, 3.05) is 32.7 Å². The first kappa shape index (κ1) is 14.3. The third-order valence-corrected chi connectivity index (χ3v) is 4.38. The average molecular weight is 247 g/mol. The normalized spacial score (nSPS) is 32.6. The number of rotatable bonds is 3. The van der Waals surface area contributed by atoms with Crippen LogP contribution in [0.2, 0.25) is 0 Å². The van der Waals surface area contributed by atoms with E-state index in [4.69, 9.17) is 0 Å². The maximum Gasteiger partial charge on any atom is 0.00102 e. The molecule has 0 aromatic rings. The second-order valence-corrected chi connectivity index (χ2v) is 5.70. The summed E-state index contributed by atoms with van der Waals surface area (Å²) in [6, 6.07) is 0. The van der Waals surface area contributed by atoms with Gasteiger partial charge in [0.25, 0.3) is 0 Å². The van der Waals surface area contributed by atoms with Gasteiger partial charge in [-0.3, -0.25) is 0 Å². The zero-order chi connectivity index (χ0) is 10.7. The van der Waals surface area contributed by atoms with Crippen molar-refractivity contribution in [2.45, 2.75) is 33.1 Å². The lowest BCUT2D eigenvalue weighted by molar-refractivity contribution is 0.264. The minimum Gasteiger partial charge on any atom is -0.317 e. The molecule has 1 N–H and O–H groups in total. The Balaban J connectivity index is 0.00000128. The van der Waals surface area contributed by atoms with Crippen LogP contribution in [-0.2, 0) is 0 Å². The molecular weight excluding hydrogens is 220 g/mol. The molecule has 0 aromatic heterocycles. The third kappa shape index (κ3) is 3.90. The molecule has 0 spiro atoms. The molecule has 2 heterocycles. The van der Waals surface area contributed by atoms with Gasteiger partial charge in [0, 0.05) is 13.1 Å². The van der Waals surface area contributed by atoms with E-state index in [1.165, 1.54) is 52.0 Å². The van der Waals surface area contributed by atoms with Gasteiger partial charge in [0.05, 0.1) is 0 Å². The molecule has 2 nitrogen and oxygen atoms in total. The zero-order valence-electron chi connectivity index (χ0n) is 10.7. The van der Waals surface area contributed by atoms with Crippen molar-refractivity contribution < 1.29 is 0 Å². The fourth-order valence-electron chi connectivity index (χ4n) is 2.97. The van der Waals surface area contributed by atoms with E-state index in [1.807, 2.05) is 0 Å². The van der Waals surface area contributed by atoms with Crippen molar-refractivity contribution in [1.82, 2.24) is 10.2 Å². The Morgan fingerprint density at radius 1 is 1.06 bits per heavy atom. The fraction of sp³-hybridized carbons (Fsp3) is 1.00. The van der Waals surface area contributed by atoms with Crippen LogP contribution in [0.25, 0.3) is 0 Å². The topological polar surface area (TPSA) is 15.3 Å². The highest BCUT2D eigenvalue weighted by molar-refractivity contribution is 5.85. The molecular formula is C13H27ClN2. The lowest BCUT2D eigenvalue weighted by Gasteiger charge is -2.25. The van der Waals surface area contributed by atoms with Crippen molar-refractivity contribution in [3.63, 3.8) is 0 Å². The van der Waals surface area contributed by atoms with Crippen LogP contribution in [0, 0.1) is 17.8 Å². The molecule has 2 atom stereocenters. The maximum atomic E-state index is 3.44. The van der Waals surface area contributed by atoms with Crippen LogP contribution < -0.4 is 5.32 Å². The average Bonchev–Trinajstić information content (AvgIpc) is 2.57. The molecule has 2 aliphatic heterocycles. The predicted octanol–water partition coefficient (Wildman–Crippen LogP) is 2.39. The summed E-state index contributed by atoms with van der Waals surface area (Å²) in [5, 5.41) is 3.44. The summed E-state index contributed by atoms with van der Waals surface area (Å²) < 4.78 is 0. The van der Waals surface area contributed by atoms with Crippen molar-refractivity contribution in [3.05, 3.63) is 0 Å². The molecule has 0 saturated carbocycles. The van der Waals surface area contributed by atoms with E-state index in [0.717, 1.165) is 17.8 Å². The van der Waals surface area contributed by atoms with Crippen molar-refractivity contribution in [1.29, 1.82) is 0 Å². The van der Waals surface area contributed by atoms with Gasteiger partial charge in [0.1, 0.15) is 0 Å². The Bertz CT molecular complexity index is 182. The third-order valence-electron chi connectivity index (χ3n) is 4.38. The molecule has 2 fully saturated rings. The highest BCUT2D eigenvalue weighted by Crippen LogP contribution is 2.24. The van der Waals surface area contributed by atoms with Gasteiger partial charge in [-0.15, -0.1) is 12.4 Å². The van der Waals surface area contributed by atoms with Gasteiger partial charge >= 0.3 is 0 Å². The maximum absolute atomic E-state index is 3.44. The van der Waals surface area contributed by atoms with Crippen LogP contribution in [0.4, 0.5) is 0 Å². The van der Waals surface area contributed by atoms with Gasteiger partial charge in [-0.1, -0.05) is 13.8 Å². The molecule has 0 amide bonds. The molecule has 2 unspecified atom stereocenters. The summed E-state index contributed by atoms with van der Waals surface area (Å²) in [7, 11) is 0. The van der Waals surface area contributed by atoms with E-state index in [-0.39, 0.29) is 12.4 Å². The second kappa shape index (κ2) is 6.83. The predicted molar refractivity (Wildman–Crippen MR) is 72.2 cm³/mol. The molecule has 0 aromatic carbocycles. The summed E-state index contributed by atoms with van der Waals surface area (Å²) in [4.78, 5) is 2.68. The van der Waals surface area contributed by atoms with Crippen molar-refractivity contribution in [3.8, 4) is 0 Å². The first-order valence-corrected chi connectivity index (χ1v) is 6.69. The highest BCUT2D eigenvalue weighted by Gasteiger charge is 2.26. The molecule has 0 aliphatic carbocycles.